The highest BCUT2D eigenvalue weighted by atomic mass is 35.5. The van der Waals surface area contributed by atoms with Gasteiger partial charge in [0.25, 0.3) is 0 Å². The van der Waals surface area contributed by atoms with E-state index in [9.17, 15) is 9.59 Å². The van der Waals surface area contributed by atoms with Crippen LogP contribution in [-0.2, 0) is 11.8 Å². The van der Waals surface area contributed by atoms with Crippen molar-refractivity contribution in [1.29, 1.82) is 0 Å². The van der Waals surface area contributed by atoms with Gasteiger partial charge >= 0.3 is 5.69 Å². The molecule has 1 N–H and O–H groups in total. The lowest BCUT2D eigenvalue weighted by Gasteiger charge is -2.16. The van der Waals surface area contributed by atoms with Crippen LogP contribution in [0, 0.1) is 0 Å². The Kier molecular flexibility index (Phi) is 4.02. The Morgan fingerprint density at radius 1 is 1.21 bits per heavy atom. The summed E-state index contributed by atoms with van der Waals surface area (Å²) in [4.78, 5) is 33.2. The smallest absolute Gasteiger partial charge is 0.326 e. The Morgan fingerprint density at radius 3 is 2.90 bits per heavy atom. The number of aryl methyl sites for hydroxylation is 1. The van der Waals surface area contributed by atoms with Crippen LogP contribution in [0.5, 0.6) is 0 Å². The van der Waals surface area contributed by atoms with Gasteiger partial charge in [-0.15, -0.1) is 0 Å². The molecule has 0 spiro atoms. The van der Waals surface area contributed by atoms with Crippen molar-refractivity contribution in [3.05, 3.63) is 63.9 Å². The summed E-state index contributed by atoms with van der Waals surface area (Å²) in [6, 6.07) is 12.7. The maximum atomic E-state index is 12.5. The normalized spacial score (nSPS) is 16.8. The first-order valence-corrected chi connectivity index (χ1v) is 9.46. The third kappa shape index (κ3) is 3.01. The lowest BCUT2D eigenvalue weighted by molar-refractivity contribution is -0.117. The van der Waals surface area contributed by atoms with E-state index in [2.05, 4.69) is 15.1 Å². The molecule has 2 aromatic carbocycles. The highest BCUT2D eigenvalue weighted by Gasteiger charge is 2.35. The van der Waals surface area contributed by atoms with Gasteiger partial charge in [0.2, 0.25) is 17.6 Å². The summed E-state index contributed by atoms with van der Waals surface area (Å²) >= 11 is 6.05. The Labute approximate surface area is 169 Å². The molecule has 1 fully saturated rings. The van der Waals surface area contributed by atoms with E-state index in [-0.39, 0.29) is 17.5 Å². The average Bonchev–Trinajstić information content (AvgIpc) is 3.40. The van der Waals surface area contributed by atoms with Crippen molar-refractivity contribution in [2.75, 3.05) is 11.4 Å². The number of nitrogens with zero attached hydrogens (tertiary/aromatic N) is 4. The molecular weight excluding hydrogens is 394 g/mol. The molecule has 1 atom stereocenters. The summed E-state index contributed by atoms with van der Waals surface area (Å²) in [7, 11) is 1.70. The number of rotatable bonds is 3. The van der Waals surface area contributed by atoms with Gasteiger partial charge in [0, 0.05) is 36.3 Å². The second kappa shape index (κ2) is 6.59. The minimum atomic E-state index is -0.192. The summed E-state index contributed by atoms with van der Waals surface area (Å²) in [5.74, 6) is 0.628. The third-order valence-electron chi connectivity index (χ3n) is 5.20. The number of aromatic nitrogens is 4. The summed E-state index contributed by atoms with van der Waals surface area (Å²) in [5.41, 5.74) is 2.79. The molecule has 8 nitrogen and oxygen atoms in total. The standard InChI is InChI=1S/C20H16ClN5O3/c1-25-16-6-5-11(7-15(16)22-20(25)28)18-23-19(29-24-18)12-8-17(27)26(10-12)14-4-2-3-13(21)9-14/h2-7,9,12H,8,10H2,1H3,(H,22,28). The number of benzene rings is 2. The first-order valence-electron chi connectivity index (χ1n) is 9.08. The molecule has 1 amide bonds. The summed E-state index contributed by atoms with van der Waals surface area (Å²) in [6.07, 6.45) is 0.291. The molecule has 4 aromatic rings. The zero-order valence-electron chi connectivity index (χ0n) is 15.4. The van der Waals surface area contributed by atoms with Crippen LogP contribution in [0.25, 0.3) is 22.4 Å². The maximum absolute atomic E-state index is 12.5. The van der Waals surface area contributed by atoms with Crippen LogP contribution >= 0.6 is 11.6 Å². The zero-order valence-corrected chi connectivity index (χ0v) is 16.2. The molecule has 0 saturated carbocycles. The summed E-state index contributed by atoms with van der Waals surface area (Å²) in [5, 5.41) is 4.65. The highest BCUT2D eigenvalue weighted by Crippen LogP contribution is 2.33. The number of anilines is 1. The number of amides is 1. The van der Waals surface area contributed by atoms with Crippen molar-refractivity contribution in [3.8, 4) is 11.4 Å². The SMILES string of the molecule is Cn1c(=O)[nH]c2cc(-c3noc(C4CC(=O)N(c5cccc(Cl)c5)C4)n3)ccc21. The molecule has 0 bridgehead atoms. The third-order valence-corrected chi connectivity index (χ3v) is 5.43. The van der Waals surface area contributed by atoms with E-state index < -0.39 is 0 Å². The number of carbonyl (C=O) groups excluding carboxylic acids is 1. The van der Waals surface area contributed by atoms with Crippen LogP contribution in [0.1, 0.15) is 18.2 Å². The van der Waals surface area contributed by atoms with Crippen molar-refractivity contribution < 1.29 is 9.32 Å². The number of halogens is 1. The van der Waals surface area contributed by atoms with Crippen LogP contribution < -0.4 is 10.6 Å². The first kappa shape index (κ1) is 17.7. The minimum Gasteiger partial charge on any atom is -0.339 e. The van der Waals surface area contributed by atoms with E-state index in [1.165, 1.54) is 4.57 Å². The topological polar surface area (TPSA) is 97.0 Å². The number of hydrogen-bond acceptors (Lipinski definition) is 5. The Bertz CT molecular complexity index is 1300. The molecule has 0 radical (unpaired) electrons. The Balaban J connectivity index is 1.42. The van der Waals surface area contributed by atoms with E-state index in [1.54, 1.807) is 24.1 Å². The van der Waals surface area contributed by atoms with Crippen LogP contribution in [0.3, 0.4) is 0 Å². The van der Waals surface area contributed by atoms with E-state index >= 15 is 0 Å². The summed E-state index contributed by atoms with van der Waals surface area (Å²) in [6.45, 7) is 0.450. The van der Waals surface area contributed by atoms with Gasteiger partial charge < -0.3 is 14.4 Å². The van der Waals surface area contributed by atoms with Gasteiger partial charge in [-0.25, -0.2) is 4.79 Å². The first-order chi connectivity index (χ1) is 14.0. The number of imidazole rings is 1. The molecule has 9 heteroatoms. The number of H-pyrrole nitrogens is 1. The molecular formula is C20H16ClN5O3. The van der Waals surface area contributed by atoms with Crippen molar-refractivity contribution in [2.24, 2.45) is 7.05 Å². The second-order valence-corrected chi connectivity index (χ2v) is 7.50. The molecule has 0 aliphatic carbocycles. The van der Waals surface area contributed by atoms with Gasteiger partial charge in [0.1, 0.15) is 0 Å². The Hall–Kier alpha value is -3.39. The number of aromatic amines is 1. The zero-order chi connectivity index (χ0) is 20.1. The average molecular weight is 410 g/mol. The van der Waals surface area contributed by atoms with Gasteiger partial charge in [-0.1, -0.05) is 22.8 Å². The number of fused-ring (bicyclic) bond motifs is 1. The van der Waals surface area contributed by atoms with Crippen LogP contribution in [0.2, 0.25) is 5.02 Å². The molecule has 1 saturated heterocycles. The highest BCUT2D eigenvalue weighted by molar-refractivity contribution is 6.30. The summed E-state index contributed by atoms with van der Waals surface area (Å²) < 4.78 is 6.99. The second-order valence-electron chi connectivity index (χ2n) is 7.06. The fourth-order valence-corrected chi connectivity index (χ4v) is 3.85. The van der Waals surface area contributed by atoms with Gasteiger partial charge in [0.15, 0.2) is 0 Å². The largest absolute Gasteiger partial charge is 0.339 e. The number of hydrogen-bond donors (Lipinski definition) is 1. The molecule has 2 aromatic heterocycles. The van der Waals surface area contributed by atoms with Gasteiger partial charge in [-0.2, -0.15) is 4.98 Å². The van der Waals surface area contributed by atoms with E-state index in [0.717, 1.165) is 16.8 Å². The monoisotopic (exact) mass is 409 g/mol. The van der Waals surface area contributed by atoms with Crippen molar-refractivity contribution in [1.82, 2.24) is 19.7 Å². The number of carbonyl (C=O) groups is 1. The van der Waals surface area contributed by atoms with E-state index in [1.807, 2.05) is 30.3 Å². The van der Waals surface area contributed by atoms with E-state index in [0.29, 0.717) is 35.2 Å². The lowest BCUT2D eigenvalue weighted by atomic mass is 10.1. The molecule has 1 unspecified atom stereocenters. The van der Waals surface area contributed by atoms with Crippen molar-refractivity contribution in [2.45, 2.75) is 12.3 Å². The quantitative estimate of drug-likeness (QED) is 0.560. The van der Waals surface area contributed by atoms with Gasteiger partial charge in [0.05, 0.1) is 17.0 Å². The molecule has 5 rings (SSSR count). The fraction of sp³-hybridized carbons (Fsp3) is 0.200. The van der Waals surface area contributed by atoms with Crippen LogP contribution in [0.15, 0.2) is 51.8 Å². The minimum absolute atomic E-state index is 0.0136. The molecule has 1 aliphatic rings. The molecule has 29 heavy (non-hydrogen) atoms. The Morgan fingerprint density at radius 2 is 2.07 bits per heavy atom. The maximum Gasteiger partial charge on any atom is 0.326 e. The lowest BCUT2D eigenvalue weighted by Crippen LogP contribution is -2.24. The van der Waals surface area contributed by atoms with Crippen LogP contribution in [0.4, 0.5) is 5.69 Å². The van der Waals surface area contributed by atoms with Gasteiger partial charge in [-0.05, 0) is 36.4 Å². The van der Waals surface area contributed by atoms with Gasteiger partial charge in [-0.3, -0.25) is 9.36 Å². The van der Waals surface area contributed by atoms with Crippen molar-refractivity contribution in [3.63, 3.8) is 0 Å². The molecule has 1 aliphatic heterocycles. The van der Waals surface area contributed by atoms with E-state index in [4.69, 9.17) is 16.1 Å². The van der Waals surface area contributed by atoms with Crippen LogP contribution in [-0.4, -0.2) is 32.1 Å². The number of nitrogens with one attached hydrogen (secondary N) is 1. The molecule has 3 heterocycles. The van der Waals surface area contributed by atoms with Crippen molar-refractivity contribution >= 4 is 34.2 Å². The predicted molar refractivity (Wildman–Crippen MR) is 108 cm³/mol. The fourth-order valence-electron chi connectivity index (χ4n) is 3.66. The predicted octanol–water partition coefficient (Wildman–Crippen LogP) is 3.09. The molecule has 146 valence electrons.